The number of carbonyl (C=O) groups is 1. The number of rotatable bonds is 5. The average Bonchev–Trinajstić information content (AvgIpc) is 3.39. The number of benzene rings is 2. The third-order valence-electron chi connectivity index (χ3n) is 6.02. The molecule has 8 nitrogen and oxygen atoms in total. The summed E-state index contributed by atoms with van der Waals surface area (Å²) in [6.45, 7) is 4.77. The first-order valence-electron chi connectivity index (χ1n) is 10.8. The van der Waals surface area contributed by atoms with E-state index in [2.05, 4.69) is 41.5 Å². The Hall–Kier alpha value is -4.20. The highest BCUT2D eigenvalue weighted by Crippen LogP contribution is 2.21. The van der Waals surface area contributed by atoms with Crippen LogP contribution >= 0.6 is 0 Å². The van der Waals surface area contributed by atoms with Gasteiger partial charge in [0.25, 0.3) is 11.5 Å². The van der Waals surface area contributed by atoms with Crippen molar-refractivity contribution in [1.82, 2.24) is 29.3 Å². The van der Waals surface area contributed by atoms with Gasteiger partial charge in [0.05, 0.1) is 11.2 Å². The molecule has 2 aromatic carbocycles. The molecule has 0 radical (unpaired) electrons. The zero-order chi connectivity index (χ0) is 23.1. The van der Waals surface area contributed by atoms with Crippen LogP contribution in [0.1, 0.15) is 21.6 Å². The van der Waals surface area contributed by atoms with Crippen molar-refractivity contribution in [2.24, 2.45) is 7.05 Å². The largest absolute Gasteiger partial charge is 0.349 e. The van der Waals surface area contributed by atoms with Gasteiger partial charge in [0.1, 0.15) is 5.52 Å². The van der Waals surface area contributed by atoms with Crippen molar-refractivity contribution in [2.75, 3.05) is 6.54 Å². The molecule has 0 atom stereocenters. The molecule has 3 heterocycles. The van der Waals surface area contributed by atoms with Crippen LogP contribution in [0.2, 0.25) is 0 Å². The predicted octanol–water partition coefficient (Wildman–Crippen LogP) is 3.10. The Labute approximate surface area is 190 Å². The normalized spacial score (nSPS) is 11.4. The highest BCUT2D eigenvalue weighted by Gasteiger charge is 2.15. The summed E-state index contributed by atoms with van der Waals surface area (Å²) < 4.78 is 4.87. The zero-order valence-corrected chi connectivity index (χ0v) is 18.7. The molecule has 5 rings (SSSR count). The summed E-state index contributed by atoms with van der Waals surface area (Å²) in [6, 6.07) is 15.5. The number of carbonyl (C=O) groups excluding carboxylic acids is 1. The Morgan fingerprint density at radius 1 is 0.970 bits per heavy atom. The Morgan fingerprint density at radius 2 is 1.79 bits per heavy atom. The van der Waals surface area contributed by atoms with Crippen LogP contribution in [0.15, 0.2) is 65.7 Å². The minimum Gasteiger partial charge on any atom is -0.349 e. The lowest BCUT2D eigenvalue weighted by atomic mass is 10.0. The Morgan fingerprint density at radius 3 is 2.61 bits per heavy atom. The second-order valence-electron chi connectivity index (χ2n) is 8.20. The van der Waals surface area contributed by atoms with Crippen molar-refractivity contribution in [2.45, 2.75) is 20.4 Å². The van der Waals surface area contributed by atoms with Gasteiger partial charge in [0.2, 0.25) is 0 Å². The molecule has 0 saturated carbocycles. The zero-order valence-electron chi connectivity index (χ0n) is 18.7. The van der Waals surface area contributed by atoms with Crippen LogP contribution in [0.25, 0.3) is 27.7 Å². The van der Waals surface area contributed by atoms with Crippen LogP contribution < -0.4 is 10.9 Å². The molecule has 3 aromatic heterocycles. The number of hydrogen-bond acceptors (Lipinski definition) is 4. The Kier molecular flexibility index (Phi) is 5.05. The molecule has 166 valence electrons. The highest BCUT2D eigenvalue weighted by atomic mass is 16.2. The van der Waals surface area contributed by atoms with Crippen molar-refractivity contribution < 1.29 is 4.79 Å². The van der Waals surface area contributed by atoms with Gasteiger partial charge in [-0.05, 0) is 43.2 Å². The Bertz CT molecular complexity index is 1570. The number of aromatic nitrogens is 5. The molecule has 0 unspecified atom stereocenters. The monoisotopic (exact) mass is 440 g/mol. The fourth-order valence-electron chi connectivity index (χ4n) is 4.00. The molecule has 0 fully saturated rings. The van der Waals surface area contributed by atoms with Crippen molar-refractivity contribution in [1.29, 1.82) is 0 Å². The Balaban J connectivity index is 1.34. The lowest BCUT2D eigenvalue weighted by Crippen LogP contribution is -2.31. The van der Waals surface area contributed by atoms with E-state index in [0.717, 1.165) is 22.2 Å². The standard InChI is InChI=1S/C25H24N6O2/c1-16-8-9-18(14-17(16)2)20-15-22-25(33)30(12-13-31(22)27-20)11-10-26-24(32)23-19-6-4-5-7-21(19)29(3)28-23/h4-9,12-15H,10-11H2,1-3H3,(H,26,32). The fourth-order valence-corrected chi connectivity index (χ4v) is 4.00. The van der Waals surface area contributed by atoms with Crippen molar-refractivity contribution >= 4 is 22.3 Å². The smallest absolute Gasteiger partial charge is 0.276 e. The first kappa shape index (κ1) is 20.7. The number of para-hydroxylation sites is 1. The van der Waals surface area contributed by atoms with Gasteiger partial charge >= 0.3 is 0 Å². The molecule has 0 aliphatic carbocycles. The number of nitrogens with zero attached hydrogens (tertiary/aromatic N) is 5. The molecule has 1 amide bonds. The van der Waals surface area contributed by atoms with E-state index >= 15 is 0 Å². The summed E-state index contributed by atoms with van der Waals surface area (Å²) in [5.41, 5.74) is 5.73. The van der Waals surface area contributed by atoms with E-state index < -0.39 is 0 Å². The van der Waals surface area contributed by atoms with Crippen molar-refractivity contribution in [3.8, 4) is 11.3 Å². The number of amides is 1. The SMILES string of the molecule is Cc1ccc(-c2cc3c(=O)n(CCNC(=O)c4nn(C)c5ccccc45)ccn3n2)cc1C. The topological polar surface area (TPSA) is 86.2 Å². The third kappa shape index (κ3) is 3.69. The maximum absolute atomic E-state index is 13.0. The number of nitrogens with one attached hydrogen (secondary N) is 1. The van der Waals surface area contributed by atoms with Gasteiger partial charge in [-0.25, -0.2) is 4.52 Å². The summed E-state index contributed by atoms with van der Waals surface area (Å²) >= 11 is 0. The summed E-state index contributed by atoms with van der Waals surface area (Å²) in [7, 11) is 1.81. The van der Waals surface area contributed by atoms with E-state index in [9.17, 15) is 9.59 Å². The third-order valence-corrected chi connectivity index (χ3v) is 6.02. The van der Waals surface area contributed by atoms with Crippen LogP contribution in [-0.2, 0) is 13.6 Å². The maximum atomic E-state index is 13.0. The van der Waals surface area contributed by atoms with Gasteiger partial charge in [-0.3, -0.25) is 14.3 Å². The van der Waals surface area contributed by atoms with Crippen molar-refractivity contribution in [3.05, 3.63) is 88.1 Å². The minimum absolute atomic E-state index is 0.155. The molecule has 5 aromatic rings. The molecule has 8 heteroatoms. The molecule has 0 aliphatic rings. The lowest BCUT2D eigenvalue weighted by Gasteiger charge is -2.07. The second kappa shape index (κ2) is 8.05. The number of hydrogen-bond donors (Lipinski definition) is 1. The van der Waals surface area contributed by atoms with Gasteiger partial charge in [0.15, 0.2) is 5.69 Å². The average molecular weight is 441 g/mol. The van der Waals surface area contributed by atoms with Crippen LogP contribution in [0.5, 0.6) is 0 Å². The molecule has 0 bridgehead atoms. The predicted molar refractivity (Wildman–Crippen MR) is 127 cm³/mol. The van der Waals surface area contributed by atoms with Crippen molar-refractivity contribution in [3.63, 3.8) is 0 Å². The first-order chi connectivity index (χ1) is 15.9. The van der Waals surface area contributed by atoms with Crippen LogP contribution in [0, 0.1) is 13.8 Å². The van der Waals surface area contributed by atoms with Crippen LogP contribution in [0.3, 0.4) is 0 Å². The maximum Gasteiger partial charge on any atom is 0.276 e. The molecule has 1 N–H and O–H groups in total. The van der Waals surface area contributed by atoms with E-state index in [0.29, 0.717) is 24.3 Å². The van der Waals surface area contributed by atoms with Gasteiger partial charge < -0.3 is 9.88 Å². The summed E-state index contributed by atoms with van der Waals surface area (Å²) in [4.78, 5) is 25.7. The second-order valence-corrected chi connectivity index (χ2v) is 8.20. The van der Waals surface area contributed by atoms with Gasteiger partial charge in [-0.2, -0.15) is 10.2 Å². The van der Waals surface area contributed by atoms with Gasteiger partial charge in [-0.15, -0.1) is 0 Å². The van der Waals surface area contributed by atoms with E-state index in [1.54, 1.807) is 26.2 Å². The molecule has 33 heavy (non-hydrogen) atoms. The molecule has 0 spiro atoms. The van der Waals surface area contributed by atoms with Crippen LogP contribution in [0.4, 0.5) is 0 Å². The molecular weight excluding hydrogens is 416 g/mol. The summed E-state index contributed by atoms with van der Waals surface area (Å²) in [6.07, 6.45) is 3.45. The van der Waals surface area contributed by atoms with E-state index in [-0.39, 0.29) is 11.5 Å². The lowest BCUT2D eigenvalue weighted by molar-refractivity contribution is 0.0948. The fraction of sp³-hybridized carbons (Fsp3) is 0.200. The quantitative estimate of drug-likeness (QED) is 0.455. The molecule has 0 saturated heterocycles. The summed E-state index contributed by atoms with van der Waals surface area (Å²) in [5, 5.41) is 12.6. The number of fused-ring (bicyclic) bond motifs is 2. The first-order valence-corrected chi connectivity index (χ1v) is 10.8. The van der Waals surface area contributed by atoms with Gasteiger partial charge in [0, 0.05) is 43.5 Å². The van der Waals surface area contributed by atoms with Crippen LogP contribution in [-0.4, -0.2) is 36.4 Å². The van der Waals surface area contributed by atoms with E-state index in [1.807, 2.05) is 43.4 Å². The molecule has 0 aliphatic heterocycles. The summed E-state index contributed by atoms with van der Waals surface area (Å²) in [5.74, 6) is -0.262. The van der Waals surface area contributed by atoms with E-state index in [1.165, 1.54) is 11.1 Å². The number of aryl methyl sites for hydroxylation is 3. The highest BCUT2D eigenvalue weighted by molar-refractivity contribution is 6.04. The van der Waals surface area contributed by atoms with E-state index in [4.69, 9.17) is 0 Å². The van der Waals surface area contributed by atoms with Gasteiger partial charge in [-0.1, -0.05) is 30.3 Å². The minimum atomic E-state index is -0.262. The molecular formula is C25H24N6O2.